The van der Waals surface area contributed by atoms with Gasteiger partial charge in [0.15, 0.2) is 5.82 Å². The van der Waals surface area contributed by atoms with Crippen LogP contribution in [0.4, 0.5) is 20.4 Å². The summed E-state index contributed by atoms with van der Waals surface area (Å²) in [5.74, 6) is 0.0646. The molecule has 10 heteroatoms. The maximum Gasteiger partial charge on any atom is 0.230 e. The van der Waals surface area contributed by atoms with Gasteiger partial charge >= 0.3 is 0 Å². The molecule has 0 aliphatic carbocycles. The van der Waals surface area contributed by atoms with Crippen LogP contribution >= 0.6 is 0 Å². The lowest BCUT2D eigenvalue weighted by atomic mass is 10.1. The monoisotopic (exact) mass is 495 g/mol. The fourth-order valence-electron chi connectivity index (χ4n) is 3.31. The summed E-state index contributed by atoms with van der Waals surface area (Å²) in [4.78, 5) is 12.8. The standard InChI is InChI=1S/C25H23F2N5O2S/c1-35(28,33)15-18-3-2-4-21(13-18)31-25-30-16-29-24(32-25)22-10-9-20(27)14-23(22)34-12-11-17-5-7-19(26)8-6-17/h2-10,13-16H,11-12H2,1H3,(H2,28,33)(H,29,30,31,32). The minimum absolute atomic E-state index is 0.253. The molecule has 3 N–H and O–H groups in total. The van der Waals surface area contributed by atoms with Crippen LogP contribution in [0, 0.1) is 11.6 Å². The summed E-state index contributed by atoms with van der Waals surface area (Å²) in [5, 5.41) is 10.2. The second-order valence-corrected chi connectivity index (χ2v) is 10.0. The van der Waals surface area contributed by atoms with Crippen molar-refractivity contribution in [2.75, 3.05) is 18.2 Å². The van der Waals surface area contributed by atoms with Gasteiger partial charge in [0.1, 0.15) is 23.7 Å². The summed E-state index contributed by atoms with van der Waals surface area (Å²) in [6.07, 6.45) is 3.30. The second-order valence-electron chi connectivity index (χ2n) is 7.83. The van der Waals surface area contributed by atoms with Gasteiger partial charge < -0.3 is 10.1 Å². The van der Waals surface area contributed by atoms with E-state index in [1.54, 1.807) is 36.4 Å². The van der Waals surface area contributed by atoms with Crippen molar-refractivity contribution < 1.29 is 17.7 Å². The Balaban J connectivity index is 1.53. The zero-order valence-electron chi connectivity index (χ0n) is 18.8. The van der Waals surface area contributed by atoms with Crippen molar-refractivity contribution in [3.63, 3.8) is 0 Å². The van der Waals surface area contributed by atoms with Gasteiger partial charge in [0, 0.05) is 39.5 Å². The first kappa shape index (κ1) is 24.2. The van der Waals surface area contributed by atoms with E-state index in [2.05, 4.69) is 20.3 Å². The van der Waals surface area contributed by atoms with Gasteiger partial charge in [-0.3, -0.25) is 9.35 Å². The first-order chi connectivity index (χ1) is 16.7. The molecular formula is C25H23F2N5O2S. The molecule has 0 fully saturated rings. The number of anilines is 2. The average molecular weight is 496 g/mol. The van der Waals surface area contributed by atoms with Crippen LogP contribution in [0.25, 0.3) is 11.4 Å². The lowest BCUT2D eigenvalue weighted by Gasteiger charge is -2.12. The number of nitrogens with zero attached hydrogens (tertiary/aromatic N) is 3. The topological polar surface area (TPSA) is 103 Å². The van der Waals surface area contributed by atoms with E-state index in [1.807, 2.05) is 0 Å². The maximum atomic E-state index is 14.0. The number of halogens is 2. The fourth-order valence-corrected chi connectivity index (χ4v) is 3.99. The van der Waals surface area contributed by atoms with Gasteiger partial charge in [0.25, 0.3) is 0 Å². The molecule has 0 aliphatic rings. The predicted molar refractivity (Wildman–Crippen MR) is 134 cm³/mol. The molecule has 0 saturated carbocycles. The molecule has 3 aromatic carbocycles. The summed E-state index contributed by atoms with van der Waals surface area (Å²) in [5.41, 5.74) is 2.74. The number of benzene rings is 3. The van der Waals surface area contributed by atoms with Crippen LogP contribution < -0.4 is 15.2 Å². The van der Waals surface area contributed by atoms with Gasteiger partial charge in [0.05, 0.1) is 12.2 Å². The Labute approximate surface area is 202 Å². The molecule has 0 saturated heterocycles. The lowest BCUT2D eigenvalue weighted by Crippen LogP contribution is -2.13. The van der Waals surface area contributed by atoms with Crippen LogP contribution in [0.3, 0.4) is 0 Å². The van der Waals surface area contributed by atoms with Gasteiger partial charge in [-0.25, -0.2) is 18.7 Å². The van der Waals surface area contributed by atoms with E-state index in [-0.39, 0.29) is 24.1 Å². The molecule has 1 unspecified atom stereocenters. The van der Waals surface area contributed by atoms with E-state index in [9.17, 15) is 13.0 Å². The summed E-state index contributed by atoms with van der Waals surface area (Å²) in [7, 11) is -2.55. The molecule has 180 valence electrons. The third-order valence-corrected chi connectivity index (χ3v) is 5.57. The third kappa shape index (κ3) is 7.05. The highest BCUT2D eigenvalue weighted by Crippen LogP contribution is 2.29. The van der Waals surface area contributed by atoms with Crippen LogP contribution in [0.1, 0.15) is 11.1 Å². The minimum atomic E-state index is -2.55. The van der Waals surface area contributed by atoms with Crippen molar-refractivity contribution in [3.05, 3.63) is 95.8 Å². The molecule has 4 rings (SSSR count). The molecule has 0 radical (unpaired) electrons. The van der Waals surface area contributed by atoms with Gasteiger partial charge in [-0.2, -0.15) is 4.98 Å². The van der Waals surface area contributed by atoms with Gasteiger partial charge in [0.2, 0.25) is 5.95 Å². The van der Waals surface area contributed by atoms with Crippen molar-refractivity contribution in [1.29, 1.82) is 0 Å². The van der Waals surface area contributed by atoms with Crippen molar-refractivity contribution in [1.82, 2.24) is 15.0 Å². The van der Waals surface area contributed by atoms with E-state index >= 15 is 0 Å². The summed E-state index contributed by atoms with van der Waals surface area (Å²) in [6, 6.07) is 17.4. The summed E-state index contributed by atoms with van der Waals surface area (Å²) in [6.45, 7) is 0.253. The largest absolute Gasteiger partial charge is 0.492 e. The van der Waals surface area contributed by atoms with Crippen LogP contribution in [0.15, 0.2) is 73.1 Å². The van der Waals surface area contributed by atoms with Crippen molar-refractivity contribution in [3.8, 4) is 17.1 Å². The van der Waals surface area contributed by atoms with Gasteiger partial charge in [-0.1, -0.05) is 24.3 Å². The van der Waals surface area contributed by atoms with Crippen LogP contribution in [-0.4, -0.2) is 37.4 Å². The zero-order valence-corrected chi connectivity index (χ0v) is 19.6. The van der Waals surface area contributed by atoms with E-state index < -0.39 is 15.5 Å². The Morgan fingerprint density at radius 1 is 1.03 bits per heavy atom. The van der Waals surface area contributed by atoms with Crippen LogP contribution in [0.5, 0.6) is 5.75 Å². The molecular weight excluding hydrogens is 472 g/mol. The summed E-state index contributed by atoms with van der Waals surface area (Å²) >= 11 is 0. The predicted octanol–water partition coefficient (Wildman–Crippen LogP) is 4.12. The zero-order chi connectivity index (χ0) is 24.8. The molecule has 0 spiro atoms. The maximum absolute atomic E-state index is 14.0. The average Bonchev–Trinajstić information content (AvgIpc) is 2.80. The van der Waals surface area contributed by atoms with Crippen molar-refractivity contribution in [2.24, 2.45) is 5.14 Å². The highest BCUT2D eigenvalue weighted by molar-refractivity contribution is 7.98. The van der Waals surface area contributed by atoms with Crippen LogP contribution in [0.2, 0.25) is 0 Å². The molecule has 1 aromatic heterocycles. The number of nitrogens with one attached hydrogen (secondary N) is 1. The molecule has 0 aliphatic heterocycles. The molecule has 35 heavy (non-hydrogen) atoms. The lowest BCUT2D eigenvalue weighted by molar-refractivity contribution is 0.321. The molecule has 1 heterocycles. The number of ether oxygens (including phenoxy) is 1. The smallest absolute Gasteiger partial charge is 0.230 e. The molecule has 1 atom stereocenters. The number of hydrogen-bond donors (Lipinski definition) is 2. The van der Waals surface area contributed by atoms with Gasteiger partial charge in [-0.05, 0) is 47.5 Å². The highest BCUT2D eigenvalue weighted by Gasteiger charge is 2.13. The molecule has 0 amide bonds. The van der Waals surface area contributed by atoms with Crippen molar-refractivity contribution in [2.45, 2.75) is 6.42 Å². The Morgan fingerprint density at radius 2 is 1.80 bits per heavy atom. The number of aromatic nitrogens is 3. The fraction of sp³-hybridized carbons (Fsp3) is 0.120. The van der Waals surface area contributed by atoms with E-state index in [0.717, 1.165) is 5.56 Å². The first-order valence-electron chi connectivity index (χ1n) is 10.6. The van der Waals surface area contributed by atoms with Crippen molar-refractivity contribution >= 4 is 26.7 Å². The summed E-state index contributed by atoms with van der Waals surface area (Å²) < 4.78 is 44.8. The number of hydrogen-bond acceptors (Lipinski definition) is 6. The first-order valence-corrected chi connectivity index (χ1v) is 12.7. The highest BCUT2D eigenvalue weighted by atomic mass is 32.2. The minimum Gasteiger partial charge on any atom is -0.492 e. The normalized spacial score (nSPS) is 12.6. The number of nitrogens with two attached hydrogens (primary N) is 1. The molecule has 7 nitrogen and oxygen atoms in total. The second kappa shape index (κ2) is 10.6. The molecule has 0 bridgehead atoms. The Hall–Kier alpha value is -3.89. The molecule has 4 aromatic rings. The van der Waals surface area contributed by atoms with Crippen LogP contribution in [-0.2, 0) is 16.1 Å². The Bertz CT molecular complexity index is 1450. The Morgan fingerprint density at radius 3 is 2.57 bits per heavy atom. The number of rotatable bonds is 8. The SMILES string of the molecule is CS(N)(=O)=Cc1cccc(Nc2ncnc(-c3ccc(F)cc3OCCc3ccc(F)cc3)n2)c1. The van der Waals surface area contributed by atoms with E-state index in [0.29, 0.717) is 29.1 Å². The Kier molecular flexibility index (Phi) is 7.33. The van der Waals surface area contributed by atoms with Gasteiger partial charge in [-0.15, -0.1) is 0 Å². The van der Waals surface area contributed by atoms with E-state index in [4.69, 9.17) is 9.88 Å². The quantitative estimate of drug-likeness (QED) is 0.357. The van der Waals surface area contributed by atoms with E-state index in [1.165, 1.54) is 48.3 Å². The third-order valence-electron chi connectivity index (χ3n) is 4.83.